The minimum Gasteiger partial charge on any atom is -0.487 e. The van der Waals surface area contributed by atoms with E-state index in [1.807, 2.05) is 19.3 Å². The number of carbonyl (C=O) groups is 1. The highest BCUT2D eigenvalue weighted by Gasteiger charge is 2.17. The van der Waals surface area contributed by atoms with E-state index in [1.54, 1.807) is 33.7 Å². The number of fused-ring (bicyclic) bond motifs is 1. The third-order valence-corrected chi connectivity index (χ3v) is 5.47. The van der Waals surface area contributed by atoms with E-state index in [-0.39, 0.29) is 22.3 Å². The predicted octanol–water partition coefficient (Wildman–Crippen LogP) is 4.62. The van der Waals surface area contributed by atoms with Crippen molar-refractivity contribution in [3.8, 4) is 22.9 Å². The quantitative estimate of drug-likeness (QED) is 0.418. The average molecular weight is 467 g/mol. The zero-order valence-corrected chi connectivity index (χ0v) is 18.4. The fraction of sp³-hybridized carbons (Fsp3) is 0.0909. The minimum atomic E-state index is -0.435. The number of halogens is 2. The zero-order chi connectivity index (χ0) is 22.8. The van der Waals surface area contributed by atoms with Gasteiger partial charge in [-0.1, -0.05) is 35.8 Å². The largest absolute Gasteiger partial charge is 0.487 e. The number of aromatic nitrogens is 4. The molecular weight excluding hydrogens is 451 g/mol. The highest BCUT2D eigenvalue weighted by molar-refractivity contribution is 6.40. The van der Waals surface area contributed by atoms with Gasteiger partial charge in [0, 0.05) is 36.1 Å². The van der Waals surface area contributed by atoms with Crippen molar-refractivity contribution in [2.24, 2.45) is 7.05 Å². The Bertz CT molecular complexity index is 1400. The third-order valence-electron chi connectivity index (χ3n) is 4.72. The van der Waals surface area contributed by atoms with E-state index in [2.05, 4.69) is 28.2 Å². The van der Waals surface area contributed by atoms with E-state index in [0.717, 1.165) is 17.2 Å². The molecular formula is C22H16Cl2N6O2. The van der Waals surface area contributed by atoms with Crippen LogP contribution in [0.2, 0.25) is 10.0 Å². The van der Waals surface area contributed by atoms with Crippen LogP contribution in [0.4, 0.5) is 5.69 Å². The molecule has 160 valence electrons. The second-order valence-corrected chi connectivity index (χ2v) is 7.62. The predicted molar refractivity (Wildman–Crippen MR) is 122 cm³/mol. The number of anilines is 1. The van der Waals surface area contributed by atoms with Crippen LogP contribution in [-0.4, -0.2) is 25.3 Å². The van der Waals surface area contributed by atoms with Crippen LogP contribution in [0.15, 0.2) is 55.6 Å². The van der Waals surface area contributed by atoms with Crippen LogP contribution in [0.25, 0.3) is 16.6 Å². The number of amides is 1. The molecule has 3 heterocycles. The molecule has 1 aromatic carbocycles. The number of hydrogen-bond donors (Lipinski definition) is 1. The minimum absolute atomic E-state index is 0.0646. The van der Waals surface area contributed by atoms with E-state index in [0.29, 0.717) is 22.4 Å². The molecule has 0 atom stereocenters. The summed E-state index contributed by atoms with van der Waals surface area (Å²) in [5.74, 6) is 0.0127. The Balaban J connectivity index is 1.72. The van der Waals surface area contributed by atoms with Gasteiger partial charge < -0.3 is 10.1 Å². The summed E-state index contributed by atoms with van der Waals surface area (Å²) < 4.78 is 9.37. The summed E-state index contributed by atoms with van der Waals surface area (Å²) in [5.41, 5.74) is 3.46. The molecule has 0 aliphatic heterocycles. The number of ether oxygens (including phenoxy) is 1. The maximum atomic E-state index is 11.7. The Hall–Kier alpha value is -3.80. The lowest BCUT2D eigenvalue weighted by Gasteiger charge is -2.14. The lowest BCUT2D eigenvalue weighted by atomic mass is 10.1. The van der Waals surface area contributed by atoms with Gasteiger partial charge in [0.1, 0.15) is 29.5 Å². The third kappa shape index (κ3) is 4.04. The Morgan fingerprint density at radius 3 is 2.78 bits per heavy atom. The summed E-state index contributed by atoms with van der Waals surface area (Å²) in [6.07, 6.45) is 8.00. The molecule has 1 N–H and O–H groups in total. The van der Waals surface area contributed by atoms with Crippen molar-refractivity contribution >= 4 is 40.3 Å². The number of pyridine rings is 1. The number of benzene rings is 1. The normalized spacial score (nSPS) is 10.7. The highest BCUT2D eigenvalue weighted by Crippen LogP contribution is 2.35. The van der Waals surface area contributed by atoms with Gasteiger partial charge in [0.25, 0.3) is 0 Å². The Morgan fingerprint density at radius 2 is 2.09 bits per heavy atom. The molecule has 10 heteroatoms. The maximum Gasteiger partial charge on any atom is 0.247 e. The first-order valence-electron chi connectivity index (χ1n) is 9.35. The van der Waals surface area contributed by atoms with Crippen LogP contribution in [0, 0.1) is 11.3 Å². The molecule has 0 aliphatic carbocycles. The fourth-order valence-corrected chi connectivity index (χ4v) is 3.68. The SMILES string of the molecule is C=CC(=O)Nc1c(Cl)ccc(COc2cc(-c3cnn(C)c3)cn3ncc(C#N)c23)c1Cl. The summed E-state index contributed by atoms with van der Waals surface area (Å²) in [5, 5.41) is 21.1. The molecule has 0 saturated carbocycles. The fourth-order valence-electron chi connectivity index (χ4n) is 3.16. The molecule has 4 aromatic rings. The van der Waals surface area contributed by atoms with Gasteiger partial charge in [-0.15, -0.1) is 0 Å². The number of carbonyl (C=O) groups excluding carboxylic acids is 1. The van der Waals surface area contributed by atoms with Gasteiger partial charge in [0.2, 0.25) is 5.91 Å². The van der Waals surface area contributed by atoms with Gasteiger partial charge in [-0.2, -0.15) is 15.5 Å². The van der Waals surface area contributed by atoms with Crippen molar-refractivity contribution < 1.29 is 9.53 Å². The van der Waals surface area contributed by atoms with Crippen molar-refractivity contribution in [1.82, 2.24) is 19.4 Å². The number of nitriles is 1. The molecule has 0 radical (unpaired) electrons. The molecule has 0 spiro atoms. The van der Waals surface area contributed by atoms with E-state index in [4.69, 9.17) is 27.9 Å². The first-order chi connectivity index (χ1) is 15.4. The molecule has 4 rings (SSSR count). The van der Waals surface area contributed by atoms with E-state index in [1.165, 1.54) is 6.20 Å². The van der Waals surface area contributed by atoms with Crippen LogP contribution in [0.5, 0.6) is 5.75 Å². The van der Waals surface area contributed by atoms with Crippen molar-refractivity contribution in [2.75, 3.05) is 5.32 Å². The van der Waals surface area contributed by atoms with Crippen LogP contribution >= 0.6 is 23.2 Å². The van der Waals surface area contributed by atoms with E-state index in [9.17, 15) is 10.1 Å². The standard InChI is InChI=1S/C22H16Cl2N6O2/c1-3-19(31)28-21-17(23)5-4-13(20(21)24)12-32-18-6-14(16-9-26-29(2)10-16)11-30-22(18)15(7-25)8-27-30/h3-6,8-11H,1,12H2,2H3,(H,28,31). The summed E-state index contributed by atoms with van der Waals surface area (Å²) in [6, 6.07) is 7.27. The van der Waals surface area contributed by atoms with E-state index >= 15 is 0 Å². The Kier molecular flexibility index (Phi) is 5.86. The van der Waals surface area contributed by atoms with Crippen LogP contribution in [-0.2, 0) is 18.4 Å². The number of nitrogens with zero attached hydrogens (tertiary/aromatic N) is 5. The summed E-state index contributed by atoms with van der Waals surface area (Å²) >= 11 is 12.7. The molecule has 0 bridgehead atoms. The van der Waals surface area contributed by atoms with Crippen molar-refractivity contribution in [3.63, 3.8) is 0 Å². The zero-order valence-electron chi connectivity index (χ0n) is 16.8. The van der Waals surface area contributed by atoms with Crippen LogP contribution in [0.3, 0.4) is 0 Å². The summed E-state index contributed by atoms with van der Waals surface area (Å²) in [6.45, 7) is 3.49. The van der Waals surface area contributed by atoms with Crippen molar-refractivity contribution in [1.29, 1.82) is 5.26 Å². The topological polar surface area (TPSA) is 97.2 Å². The number of rotatable bonds is 6. The molecule has 3 aromatic heterocycles. The second-order valence-electron chi connectivity index (χ2n) is 6.84. The first-order valence-corrected chi connectivity index (χ1v) is 10.1. The van der Waals surface area contributed by atoms with Crippen LogP contribution < -0.4 is 10.1 Å². The number of nitrogens with one attached hydrogen (secondary N) is 1. The molecule has 32 heavy (non-hydrogen) atoms. The van der Waals surface area contributed by atoms with Gasteiger partial charge in [-0.3, -0.25) is 9.48 Å². The molecule has 1 amide bonds. The van der Waals surface area contributed by atoms with Gasteiger partial charge in [0.15, 0.2) is 0 Å². The van der Waals surface area contributed by atoms with Crippen LogP contribution in [0.1, 0.15) is 11.1 Å². The van der Waals surface area contributed by atoms with Gasteiger partial charge in [0.05, 0.1) is 28.1 Å². The first kappa shape index (κ1) is 21.4. The second kappa shape index (κ2) is 8.75. The smallest absolute Gasteiger partial charge is 0.247 e. The maximum absolute atomic E-state index is 11.7. The molecule has 0 unspecified atom stereocenters. The molecule has 0 aliphatic rings. The Labute approximate surface area is 193 Å². The monoisotopic (exact) mass is 466 g/mol. The molecule has 0 saturated heterocycles. The summed E-state index contributed by atoms with van der Waals surface area (Å²) in [4.78, 5) is 11.7. The number of hydrogen-bond acceptors (Lipinski definition) is 5. The molecule has 0 fully saturated rings. The van der Waals surface area contributed by atoms with Gasteiger partial charge >= 0.3 is 0 Å². The lowest BCUT2D eigenvalue weighted by Crippen LogP contribution is -2.09. The highest BCUT2D eigenvalue weighted by atomic mass is 35.5. The summed E-state index contributed by atoms with van der Waals surface area (Å²) in [7, 11) is 1.83. The van der Waals surface area contributed by atoms with E-state index < -0.39 is 5.91 Å². The lowest BCUT2D eigenvalue weighted by molar-refractivity contribution is -0.111. The van der Waals surface area contributed by atoms with Crippen molar-refractivity contribution in [3.05, 3.63) is 76.8 Å². The van der Waals surface area contributed by atoms with Gasteiger partial charge in [-0.05, 0) is 18.2 Å². The van der Waals surface area contributed by atoms with Crippen molar-refractivity contribution in [2.45, 2.75) is 6.61 Å². The number of aryl methyl sites for hydroxylation is 1. The Morgan fingerprint density at radius 1 is 1.28 bits per heavy atom. The molecule has 8 nitrogen and oxygen atoms in total. The van der Waals surface area contributed by atoms with Gasteiger partial charge in [-0.25, -0.2) is 4.52 Å². The average Bonchev–Trinajstić information content (AvgIpc) is 3.41.